The molecule has 0 fully saturated rings. The van der Waals surface area contributed by atoms with Crippen molar-refractivity contribution in [2.24, 2.45) is 5.73 Å². The Bertz CT molecular complexity index is 844. The van der Waals surface area contributed by atoms with Crippen molar-refractivity contribution in [2.75, 3.05) is 6.61 Å². The molecule has 0 aliphatic carbocycles. The van der Waals surface area contributed by atoms with Crippen LogP contribution < -0.4 is 21.7 Å². The van der Waals surface area contributed by atoms with Crippen molar-refractivity contribution >= 4 is 29.7 Å². The molecule has 0 aliphatic heterocycles. The summed E-state index contributed by atoms with van der Waals surface area (Å²) in [5.41, 5.74) is 6.42. The fourth-order valence-corrected chi connectivity index (χ4v) is 2.48. The van der Waals surface area contributed by atoms with Crippen LogP contribution in [0.3, 0.4) is 0 Å². The van der Waals surface area contributed by atoms with Crippen LogP contribution in [0.1, 0.15) is 18.9 Å². The molecular weight excluding hydrogens is 428 g/mol. The summed E-state index contributed by atoms with van der Waals surface area (Å²) in [6.07, 6.45) is -0.808. The highest BCUT2D eigenvalue weighted by atomic mass is 16.4. The van der Waals surface area contributed by atoms with E-state index in [1.807, 2.05) is 0 Å². The maximum Gasteiger partial charge on any atom is 0.325 e. The number of aromatic hydroxyl groups is 1. The van der Waals surface area contributed by atoms with Gasteiger partial charge >= 0.3 is 11.9 Å². The number of phenols is 1. The van der Waals surface area contributed by atoms with Gasteiger partial charge in [0.15, 0.2) is 0 Å². The van der Waals surface area contributed by atoms with Crippen LogP contribution in [0, 0.1) is 0 Å². The summed E-state index contributed by atoms with van der Waals surface area (Å²) in [5.74, 6) is -5.70. The standard InChI is InChI=1S/C19H26N4O9/c1-9(19(31)32)21-18(30)14(8-24)23-17(29)13(7-15(26)27)22-16(28)12(20)6-10-2-4-11(25)5-3-10/h2-5,9,12-14,24-25H,6-8,20H2,1H3,(H,21,30)(H,22,28)(H,23,29)(H,26,27)(H,31,32). The number of carboxylic acid groups (broad SMARTS) is 2. The first-order valence-electron chi connectivity index (χ1n) is 9.44. The SMILES string of the molecule is CC(NC(=O)C(CO)NC(=O)C(CC(=O)O)NC(=O)C(N)Cc1ccc(O)cc1)C(=O)O. The molecule has 1 aromatic carbocycles. The maximum atomic E-state index is 12.5. The largest absolute Gasteiger partial charge is 0.508 e. The third-order valence-corrected chi connectivity index (χ3v) is 4.29. The van der Waals surface area contributed by atoms with Crippen molar-refractivity contribution < 1.29 is 44.4 Å². The molecule has 1 aromatic rings. The normalized spacial score (nSPS) is 14.3. The number of carboxylic acids is 2. The lowest BCUT2D eigenvalue weighted by atomic mass is 10.0. The van der Waals surface area contributed by atoms with Crippen LogP contribution in [-0.2, 0) is 30.4 Å². The topological polar surface area (TPSA) is 228 Å². The molecule has 0 radical (unpaired) electrons. The summed E-state index contributed by atoms with van der Waals surface area (Å²) in [5, 5.41) is 42.8. The van der Waals surface area contributed by atoms with Gasteiger partial charge in [-0.3, -0.25) is 24.0 Å². The summed E-state index contributed by atoms with van der Waals surface area (Å²) in [6.45, 7) is 0.261. The van der Waals surface area contributed by atoms with E-state index in [1.165, 1.54) is 31.2 Å². The molecule has 3 amide bonds. The van der Waals surface area contributed by atoms with Gasteiger partial charge < -0.3 is 42.1 Å². The Kier molecular flexibility index (Phi) is 10.1. The van der Waals surface area contributed by atoms with Gasteiger partial charge in [0.1, 0.15) is 23.9 Å². The van der Waals surface area contributed by atoms with Crippen molar-refractivity contribution in [1.29, 1.82) is 0 Å². The zero-order valence-electron chi connectivity index (χ0n) is 17.1. The summed E-state index contributed by atoms with van der Waals surface area (Å²) in [6, 6.07) is 0.197. The Hall–Kier alpha value is -3.71. The highest BCUT2D eigenvalue weighted by molar-refractivity contribution is 5.95. The van der Waals surface area contributed by atoms with Gasteiger partial charge in [-0.2, -0.15) is 0 Å². The van der Waals surface area contributed by atoms with E-state index in [9.17, 15) is 34.2 Å². The van der Waals surface area contributed by atoms with Crippen molar-refractivity contribution in [2.45, 2.75) is 43.9 Å². The molecule has 0 heterocycles. The minimum absolute atomic E-state index is 0.0187. The molecule has 4 unspecified atom stereocenters. The lowest BCUT2D eigenvalue weighted by Gasteiger charge is -2.23. The number of aliphatic carboxylic acids is 2. The number of carbonyl (C=O) groups excluding carboxylic acids is 3. The zero-order chi connectivity index (χ0) is 24.4. The van der Waals surface area contributed by atoms with Gasteiger partial charge in [-0.05, 0) is 31.0 Å². The lowest BCUT2D eigenvalue weighted by Crippen LogP contribution is -2.58. The second kappa shape index (κ2) is 12.2. The number of amides is 3. The number of benzene rings is 1. The summed E-state index contributed by atoms with van der Waals surface area (Å²) >= 11 is 0. The quantitative estimate of drug-likeness (QED) is 0.163. The van der Waals surface area contributed by atoms with Crippen LogP contribution in [0.15, 0.2) is 24.3 Å². The molecule has 32 heavy (non-hydrogen) atoms. The van der Waals surface area contributed by atoms with E-state index in [0.717, 1.165) is 0 Å². The molecule has 13 nitrogen and oxygen atoms in total. The predicted octanol–water partition coefficient (Wildman–Crippen LogP) is -2.71. The lowest BCUT2D eigenvalue weighted by molar-refractivity contribution is -0.143. The Balaban J connectivity index is 2.82. The Morgan fingerprint density at radius 3 is 1.94 bits per heavy atom. The zero-order valence-corrected chi connectivity index (χ0v) is 17.1. The van der Waals surface area contributed by atoms with Crippen LogP contribution in [-0.4, -0.2) is 80.9 Å². The minimum Gasteiger partial charge on any atom is -0.508 e. The van der Waals surface area contributed by atoms with Gasteiger partial charge in [0.2, 0.25) is 17.7 Å². The Labute approximate surface area is 182 Å². The molecule has 0 aliphatic rings. The summed E-state index contributed by atoms with van der Waals surface area (Å²) in [4.78, 5) is 58.8. The smallest absolute Gasteiger partial charge is 0.325 e. The van der Waals surface area contributed by atoms with E-state index in [4.69, 9.17) is 15.9 Å². The third-order valence-electron chi connectivity index (χ3n) is 4.29. The molecule has 0 aromatic heterocycles. The van der Waals surface area contributed by atoms with Gasteiger partial charge in [-0.25, -0.2) is 0 Å². The number of nitrogens with one attached hydrogen (secondary N) is 3. The van der Waals surface area contributed by atoms with Crippen LogP contribution in [0.2, 0.25) is 0 Å². The first-order chi connectivity index (χ1) is 14.9. The van der Waals surface area contributed by atoms with Gasteiger partial charge in [-0.1, -0.05) is 12.1 Å². The second-order valence-corrected chi connectivity index (χ2v) is 6.95. The van der Waals surface area contributed by atoms with Gasteiger partial charge in [0.05, 0.1) is 19.1 Å². The molecule has 9 N–H and O–H groups in total. The highest BCUT2D eigenvalue weighted by Gasteiger charge is 2.30. The number of aliphatic hydroxyl groups is 1. The molecule has 4 atom stereocenters. The van der Waals surface area contributed by atoms with E-state index in [2.05, 4.69) is 16.0 Å². The second-order valence-electron chi connectivity index (χ2n) is 6.95. The van der Waals surface area contributed by atoms with Gasteiger partial charge in [0, 0.05) is 0 Å². The number of nitrogens with two attached hydrogens (primary N) is 1. The molecule has 0 saturated carbocycles. The van der Waals surface area contributed by atoms with Crippen LogP contribution in [0.25, 0.3) is 0 Å². The van der Waals surface area contributed by atoms with E-state index in [1.54, 1.807) is 0 Å². The fourth-order valence-electron chi connectivity index (χ4n) is 2.48. The van der Waals surface area contributed by atoms with E-state index in [0.29, 0.717) is 5.56 Å². The molecule has 0 saturated heterocycles. The van der Waals surface area contributed by atoms with Crippen LogP contribution in [0.5, 0.6) is 5.75 Å². The van der Waals surface area contributed by atoms with E-state index in [-0.39, 0.29) is 12.2 Å². The third kappa shape index (κ3) is 8.57. The summed E-state index contributed by atoms with van der Waals surface area (Å²) < 4.78 is 0. The summed E-state index contributed by atoms with van der Waals surface area (Å²) in [7, 11) is 0. The average molecular weight is 454 g/mol. The highest BCUT2D eigenvalue weighted by Crippen LogP contribution is 2.11. The van der Waals surface area contributed by atoms with Crippen molar-refractivity contribution in [3.8, 4) is 5.75 Å². The minimum atomic E-state index is -1.62. The van der Waals surface area contributed by atoms with E-state index >= 15 is 0 Å². The first kappa shape index (κ1) is 26.3. The van der Waals surface area contributed by atoms with Crippen LogP contribution in [0.4, 0.5) is 0 Å². The molecule has 176 valence electrons. The molecular formula is C19H26N4O9. The van der Waals surface area contributed by atoms with Gasteiger partial charge in [0.25, 0.3) is 0 Å². The average Bonchev–Trinajstić information content (AvgIpc) is 2.72. The van der Waals surface area contributed by atoms with Crippen molar-refractivity contribution in [3.05, 3.63) is 29.8 Å². The van der Waals surface area contributed by atoms with Crippen molar-refractivity contribution in [3.63, 3.8) is 0 Å². The Morgan fingerprint density at radius 2 is 1.44 bits per heavy atom. The maximum absolute atomic E-state index is 12.5. The fraction of sp³-hybridized carbons (Fsp3) is 0.421. The van der Waals surface area contributed by atoms with E-state index < -0.39 is 66.9 Å². The van der Waals surface area contributed by atoms with Gasteiger partial charge in [-0.15, -0.1) is 0 Å². The first-order valence-corrected chi connectivity index (χ1v) is 9.44. The molecule has 0 bridgehead atoms. The number of phenolic OH excluding ortho intramolecular Hbond substituents is 1. The number of hydrogen-bond acceptors (Lipinski definition) is 8. The predicted molar refractivity (Wildman–Crippen MR) is 108 cm³/mol. The number of hydrogen-bond donors (Lipinski definition) is 8. The van der Waals surface area contributed by atoms with Crippen molar-refractivity contribution in [1.82, 2.24) is 16.0 Å². The number of carbonyl (C=O) groups is 5. The molecule has 0 spiro atoms. The molecule has 1 rings (SSSR count). The molecule has 13 heteroatoms. The number of rotatable bonds is 12. The Morgan fingerprint density at radius 1 is 0.906 bits per heavy atom. The monoisotopic (exact) mass is 454 g/mol. The number of aliphatic hydroxyl groups excluding tert-OH is 1. The van der Waals surface area contributed by atoms with Crippen LogP contribution >= 0.6 is 0 Å².